The van der Waals surface area contributed by atoms with Crippen LogP contribution in [-0.2, 0) is 0 Å². The van der Waals surface area contributed by atoms with Crippen molar-refractivity contribution in [1.82, 2.24) is 4.90 Å². The lowest BCUT2D eigenvalue weighted by molar-refractivity contribution is 0.114. The molecule has 4 heteroatoms. The lowest BCUT2D eigenvalue weighted by Gasteiger charge is -2.41. The first kappa shape index (κ1) is 16.6. The van der Waals surface area contributed by atoms with Crippen LogP contribution in [0.1, 0.15) is 64.2 Å². The van der Waals surface area contributed by atoms with Gasteiger partial charge < -0.3 is 10.2 Å². The third-order valence-corrected chi connectivity index (χ3v) is 5.62. The molecular weight excluding hydrogens is 308 g/mol. The van der Waals surface area contributed by atoms with Gasteiger partial charge in [-0.1, -0.05) is 62.3 Å². The van der Waals surface area contributed by atoms with Gasteiger partial charge in [0, 0.05) is 12.1 Å². The summed E-state index contributed by atoms with van der Waals surface area (Å²) >= 11 is 6.21. The summed E-state index contributed by atoms with van der Waals surface area (Å²) in [6.07, 6.45) is 12.2. The largest absolute Gasteiger partial charge is 0.322 e. The van der Waals surface area contributed by atoms with Gasteiger partial charge in [-0.3, -0.25) is 0 Å². The van der Waals surface area contributed by atoms with Crippen LogP contribution >= 0.6 is 11.6 Å². The summed E-state index contributed by atoms with van der Waals surface area (Å²) in [6, 6.07) is 8.33. The number of benzene rings is 1. The van der Waals surface area contributed by atoms with Gasteiger partial charge >= 0.3 is 6.03 Å². The highest BCUT2D eigenvalue weighted by molar-refractivity contribution is 6.33. The van der Waals surface area contributed by atoms with Crippen LogP contribution in [0.15, 0.2) is 24.3 Å². The second kappa shape index (κ2) is 8.05. The minimum Gasteiger partial charge on any atom is -0.319 e. The van der Waals surface area contributed by atoms with Crippen LogP contribution in [0, 0.1) is 0 Å². The lowest BCUT2D eigenvalue weighted by Crippen LogP contribution is -2.50. The molecule has 3 nitrogen and oxygen atoms in total. The van der Waals surface area contributed by atoms with Gasteiger partial charge in [0.25, 0.3) is 0 Å². The molecule has 2 fully saturated rings. The van der Waals surface area contributed by atoms with Crippen LogP contribution in [0.25, 0.3) is 0 Å². The van der Waals surface area contributed by atoms with Gasteiger partial charge in [-0.25, -0.2) is 4.79 Å². The van der Waals surface area contributed by atoms with Gasteiger partial charge in [0.2, 0.25) is 0 Å². The van der Waals surface area contributed by atoms with Gasteiger partial charge in [0.1, 0.15) is 0 Å². The van der Waals surface area contributed by atoms with Crippen LogP contribution in [0.3, 0.4) is 0 Å². The van der Waals surface area contributed by atoms with Crippen molar-refractivity contribution in [2.45, 2.75) is 76.3 Å². The second-order valence-electron chi connectivity index (χ2n) is 6.90. The molecule has 0 unspecified atom stereocenters. The Morgan fingerprint density at radius 3 is 1.96 bits per heavy atom. The fourth-order valence-corrected chi connectivity index (χ4v) is 4.27. The molecule has 2 saturated carbocycles. The van der Waals surface area contributed by atoms with Crippen molar-refractivity contribution < 1.29 is 4.79 Å². The number of nitrogens with one attached hydrogen (secondary N) is 1. The number of rotatable bonds is 3. The highest BCUT2D eigenvalue weighted by atomic mass is 35.5. The molecule has 2 amide bonds. The van der Waals surface area contributed by atoms with Crippen LogP contribution in [-0.4, -0.2) is 23.0 Å². The number of amides is 2. The molecule has 126 valence electrons. The average molecular weight is 335 g/mol. The molecule has 0 atom stereocenters. The maximum Gasteiger partial charge on any atom is 0.322 e. The van der Waals surface area contributed by atoms with Gasteiger partial charge in [-0.2, -0.15) is 0 Å². The van der Waals surface area contributed by atoms with E-state index < -0.39 is 0 Å². The van der Waals surface area contributed by atoms with Crippen LogP contribution < -0.4 is 5.32 Å². The van der Waals surface area contributed by atoms with E-state index in [2.05, 4.69) is 10.2 Å². The van der Waals surface area contributed by atoms with E-state index in [9.17, 15) is 4.79 Å². The van der Waals surface area contributed by atoms with E-state index in [4.69, 9.17) is 11.6 Å². The molecule has 0 bridgehead atoms. The second-order valence-corrected chi connectivity index (χ2v) is 7.31. The summed E-state index contributed by atoms with van der Waals surface area (Å²) in [4.78, 5) is 15.2. The Balaban J connectivity index is 1.75. The highest BCUT2D eigenvalue weighted by Gasteiger charge is 2.32. The van der Waals surface area contributed by atoms with E-state index in [1.54, 1.807) is 0 Å². The number of hydrogen-bond donors (Lipinski definition) is 1. The number of urea groups is 1. The lowest BCUT2D eigenvalue weighted by atomic mass is 9.89. The van der Waals surface area contributed by atoms with Crippen LogP contribution in [0.4, 0.5) is 10.5 Å². The molecule has 0 aliphatic heterocycles. The Morgan fingerprint density at radius 1 is 0.913 bits per heavy atom. The SMILES string of the molecule is O=C(Nc1ccccc1Cl)N(C1CCCCC1)C1CCCCC1. The highest BCUT2D eigenvalue weighted by Crippen LogP contribution is 2.31. The quantitative estimate of drug-likeness (QED) is 0.740. The zero-order chi connectivity index (χ0) is 16.1. The van der Waals surface area contributed by atoms with Crippen LogP contribution in [0.2, 0.25) is 5.02 Å². The van der Waals surface area contributed by atoms with E-state index >= 15 is 0 Å². The molecule has 3 rings (SSSR count). The van der Waals surface area contributed by atoms with E-state index in [0.29, 0.717) is 17.1 Å². The van der Waals surface area contributed by atoms with Crippen molar-refractivity contribution in [3.05, 3.63) is 29.3 Å². The Morgan fingerprint density at radius 2 is 1.43 bits per heavy atom. The summed E-state index contributed by atoms with van der Waals surface area (Å²) in [5, 5.41) is 3.66. The zero-order valence-corrected chi connectivity index (χ0v) is 14.5. The van der Waals surface area contributed by atoms with Gasteiger partial charge in [-0.05, 0) is 37.8 Å². The van der Waals surface area contributed by atoms with Gasteiger partial charge in [-0.15, -0.1) is 0 Å². The first-order valence-electron chi connectivity index (χ1n) is 9.09. The van der Waals surface area contributed by atoms with Crippen molar-refractivity contribution in [1.29, 1.82) is 0 Å². The maximum atomic E-state index is 13.0. The molecule has 0 aromatic heterocycles. The minimum absolute atomic E-state index is 0.0388. The summed E-state index contributed by atoms with van der Waals surface area (Å²) in [5.74, 6) is 0. The number of carbonyl (C=O) groups is 1. The normalized spacial score (nSPS) is 20.2. The molecular formula is C19H27ClN2O. The Hall–Kier alpha value is -1.22. The molecule has 0 saturated heterocycles. The monoisotopic (exact) mass is 334 g/mol. The van der Waals surface area contributed by atoms with E-state index in [1.165, 1.54) is 38.5 Å². The van der Waals surface area contributed by atoms with Crippen molar-refractivity contribution >= 4 is 23.3 Å². The van der Waals surface area contributed by atoms with Crippen molar-refractivity contribution in [2.24, 2.45) is 0 Å². The number of carbonyl (C=O) groups excluding carboxylic acids is 1. The summed E-state index contributed by atoms with van der Waals surface area (Å²) in [7, 11) is 0. The molecule has 1 aromatic rings. The fraction of sp³-hybridized carbons (Fsp3) is 0.632. The number of anilines is 1. The number of hydrogen-bond acceptors (Lipinski definition) is 1. The summed E-state index contributed by atoms with van der Waals surface area (Å²) in [5.41, 5.74) is 0.718. The van der Waals surface area contributed by atoms with Crippen molar-refractivity contribution in [3.63, 3.8) is 0 Å². The topological polar surface area (TPSA) is 32.3 Å². The number of halogens is 1. The minimum atomic E-state index is 0.0388. The molecule has 1 N–H and O–H groups in total. The van der Waals surface area contributed by atoms with E-state index in [1.807, 2.05) is 24.3 Å². The third kappa shape index (κ3) is 4.20. The Labute approximate surface area is 144 Å². The molecule has 1 aromatic carbocycles. The molecule has 23 heavy (non-hydrogen) atoms. The predicted octanol–water partition coefficient (Wildman–Crippen LogP) is 5.84. The van der Waals surface area contributed by atoms with E-state index in [0.717, 1.165) is 31.4 Å². The average Bonchev–Trinajstić information content (AvgIpc) is 2.59. The molecule has 0 heterocycles. The Bertz CT molecular complexity index is 504. The smallest absolute Gasteiger partial charge is 0.319 e. The van der Waals surface area contributed by atoms with Crippen LogP contribution in [0.5, 0.6) is 0 Å². The third-order valence-electron chi connectivity index (χ3n) is 5.29. The van der Waals surface area contributed by atoms with Crippen molar-refractivity contribution in [2.75, 3.05) is 5.32 Å². The maximum absolute atomic E-state index is 13.0. The van der Waals surface area contributed by atoms with Crippen molar-refractivity contribution in [3.8, 4) is 0 Å². The first-order valence-corrected chi connectivity index (χ1v) is 9.47. The standard InChI is InChI=1S/C19H27ClN2O/c20-17-13-7-8-14-18(17)21-19(23)22(15-9-3-1-4-10-15)16-11-5-2-6-12-16/h7-8,13-16H,1-6,9-12H2,(H,21,23). The van der Waals surface area contributed by atoms with Gasteiger partial charge in [0.15, 0.2) is 0 Å². The zero-order valence-electron chi connectivity index (χ0n) is 13.8. The number of nitrogens with zero attached hydrogens (tertiary/aromatic N) is 1. The first-order chi connectivity index (χ1) is 11.3. The molecule has 2 aliphatic rings. The predicted molar refractivity (Wildman–Crippen MR) is 96.1 cm³/mol. The summed E-state index contributed by atoms with van der Waals surface area (Å²) < 4.78 is 0. The van der Waals surface area contributed by atoms with Gasteiger partial charge in [0.05, 0.1) is 10.7 Å². The molecule has 2 aliphatic carbocycles. The fourth-order valence-electron chi connectivity index (χ4n) is 4.09. The van der Waals surface area contributed by atoms with E-state index in [-0.39, 0.29) is 6.03 Å². The Kier molecular flexibility index (Phi) is 5.82. The number of para-hydroxylation sites is 1. The molecule has 0 spiro atoms. The summed E-state index contributed by atoms with van der Waals surface area (Å²) in [6.45, 7) is 0. The molecule has 0 radical (unpaired) electrons.